The van der Waals surface area contributed by atoms with Crippen molar-refractivity contribution in [2.75, 3.05) is 18.4 Å². The standard InChI is InChI=1S/C20H21N3O3S/c1-15-7-9-19(10-8-15)27(25,26)23-11-3-5-17(14-23)20(24)22-18-6-2-4-16(12-18)13-21/h2,4,6-10,12,17H,3,5,11,14H2,1H3,(H,22,24)/t17-/m0/s1. The number of nitriles is 1. The maximum atomic E-state index is 12.9. The average molecular weight is 383 g/mol. The summed E-state index contributed by atoms with van der Waals surface area (Å²) in [7, 11) is -3.62. The molecule has 1 saturated heterocycles. The number of hydrogen-bond acceptors (Lipinski definition) is 4. The van der Waals surface area contributed by atoms with Crippen molar-refractivity contribution < 1.29 is 13.2 Å². The minimum Gasteiger partial charge on any atom is -0.326 e. The highest BCUT2D eigenvalue weighted by Crippen LogP contribution is 2.25. The summed E-state index contributed by atoms with van der Waals surface area (Å²) in [5.74, 6) is -0.654. The fraction of sp³-hybridized carbons (Fsp3) is 0.300. The van der Waals surface area contributed by atoms with Crippen molar-refractivity contribution >= 4 is 21.6 Å². The number of hydrogen-bond donors (Lipinski definition) is 1. The van der Waals surface area contributed by atoms with Gasteiger partial charge in [0, 0.05) is 18.8 Å². The predicted octanol–water partition coefficient (Wildman–Crippen LogP) is 2.91. The lowest BCUT2D eigenvalue weighted by Gasteiger charge is -2.31. The summed E-state index contributed by atoms with van der Waals surface area (Å²) in [4.78, 5) is 12.9. The van der Waals surface area contributed by atoms with Crippen LogP contribution in [0.25, 0.3) is 0 Å². The van der Waals surface area contributed by atoms with Gasteiger partial charge in [-0.3, -0.25) is 4.79 Å². The second-order valence-electron chi connectivity index (χ2n) is 6.70. The van der Waals surface area contributed by atoms with Crippen LogP contribution in [-0.2, 0) is 14.8 Å². The first-order valence-corrected chi connectivity index (χ1v) is 10.2. The summed E-state index contributed by atoms with van der Waals surface area (Å²) in [5.41, 5.74) is 1.99. The Hall–Kier alpha value is -2.69. The molecule has 1 amide bonds. The first-order chi connectivity index (χ1) is 12.9. The van der Waals surface area contributed by atoms with Crippen LogP contribution in [0.1, 0.15) is 24.0 Å². The molecule has 0 bridgehead atoms. The molecule has 1 aliphatic heterocycles. The molecule has 27 heavy (non-hydrogen) atoms. The van der Waals surface area contributed by atoms with Gasteiger partial charge in [-0.15, -0.1) is 0 Å². The van der Waals surface area contributed by atoms with Gasteiger partial charge in [0.25, 0.3) is 0 Å². The van der Waals surface area contributed by atoms with Crippen molar-refractivity contribution in [3.05, 3.63) is 59.7 Å². The fourth-order valence-corrected chi connectivity index (χ4v) is 4.67. The van der Waals surface area contributed by atoms with Gasteiger partial charge in [0.05, 0.1) is 22.4 Å². The number of carbonyl (C=O) groups excluding carboxylic acids is 1. The molecule has 6 nitrogen and oxygen atoms in total. The molecular weight excluding hydrogens is 362 g/mol. The van der Waals surface area contributed by atoms with E-state index in [0.29, 0.717) is 30.6 Å². The van der Waals surface area contributed by atoms with Gasteiger partial charge >= 0.3 is 0 Å². The molecule has 1 atom stereocenters. The van der Waals surface area contributed by atoms with E-state index in [4.69, 9.17) is 5.26 Å². The number of rotatable bonds is 4. The van der Waals surface area contributed by atoms with Crippen LogP contribution in [0.4, 0.5) is 5.69 Å². The molecule has 1 fully saturated rings. The van der Waals surface area contributed by atoms with E-state index < -0.39 is 15.9 Å². The molecule has 2 aromatic carbocycles. The van der Waals surface area contributed by atoms with E-state index >= 15 is 0 Å². The van der Waals surface area contributed by atoms with E-state index in [9.17, 15) is 13.2 Å². The van der Waals surface area contributed by atoms with Crippen molar-refractivity contribution in [1.29, 1.82) is 5.26 Å². The highest BCUT2D eigenvalue weighted by atomic mass is 32.2. The molecule has 0 aromatic heterocycles. The summed E-state index contributed by atoms with van der Waals surface area (Å²) in [6, 6.07) is 15.4. The molecule has 1 aliphatic rings. The number of nitrogens with one attached hydrogen (secondary N) is 1. The number of benzene rings is 2. The maximum absolute atomic E-state index is 12.9. The van der Waals surface area contributed by atoms with Crippen LogP contribution in [0.5, 0.6) is 0 Å². The first-order valence-electron chi connectivity index (χ1n) is 8.78. The molecule has 0 aliphatic carbocycles. The number of sulfonamides is 1. The second kappa shape index (κ2) is 7.91. The molecule has 0 spiro atoms. The highest BCUT2D eigenvalue weighted by Gasteiger charge is 2.33. The Bertz CT molecular complexity index is 978. The topological polar surface area (TPSA) is 90.3 Å². The molecule has 0 radical (unpaired) electrons. The summed E-state index contributed by atoms with van der Waals surface area (Å²) >= 11 is 0. The predicted molar refractivity (Wildman–Crippen MR) is 102 cm³/mol. The average Bonchev–Trinajstić information content (AvgIpc) is 2.68. The lowest BCUT2D eigenvalue weighted by molar-refractivity contribution is -0.120. The Labute approximate surface area is 159 Å². The van der Waals surface area contributed by atoms with Gasteiger partial charge in [0.2, 0.25) is 15.9 Å². The number of amides is 1. The van der Waals surface area contributed by atoms with E-state index in [0.717, 1.165) is 5.56 Å². The van der Waals surface area contributed by atoms with Gasteiger partial charge in [0.15, 0.2) is 0 Å². The highest BCUT2D eigenvalue weighted by molar-refractivity contribution is 7.89. The van der Waals surface area contributed by atoms with Gasteiger partial charge in [-0.05, 0) is 50.1 Å². The van der Waals surface area contributed by atoms with Crippen molar-refractivity contribution in [2.45, 2.75) is 24.7 Å². The minimum absolute atomic E-state index is 0.153. The smallest absolute Gasteiger partial charge is 0.243 e. The molecular formula is C20H21N3O3S. The summed E-state index contributed by atoms with van der Waals surface area (Å²) in [6.45, 7) is 2.46. The Balaban J connectivity index is 1.72. The van der Waals surface area contributed by atoms with Crippen LogP contribution in [0, 0.1) is 24.2 Å². The van der Waals surface area contributed by atoms with E-state index in [1.54, 1.807) is 48.5 Å². The number of carbonyl (C=O) groups is 1. The Morgan fingerprint density at radius 1 is 1.22 bits per heavy atom. The van der Waals surface area contributed by atoms with E-state index in [1.807, 2.05) is 13.0 Å². The minimum atomic E-state index is -3.62. The van der Waals surface area contributed by atoms with Gasteiger partial charge < -0.3 is 5.32 Å². The lowest BCUT2D eigenvalue weighted by atomic mass is 9.98. The van der Waals surface area contributed by atoms with Crippen LogP contribution in [-0.4, -0.2) is 31.7 Å². The third-order valence-corrected chi connectivity index (χ3v) is 6.55. The van der Waals surface area contributed by atoms with Crippen molar-refractivity contribution in [2.24, 2.45) is 5.92 Å². The molecule has 1 N–H and O–H groups in total. The third-order valence-electron chi connectivity index (χ3n) is 4.67. The molecule has 7 heteroatoms. The third kappa shape index (κ3) is 4.35. The lowest BCUT2D eigenvalue weighted by Crippen LogP contribution is -2.43. The van der Waals surface area contributed by atoms with E-state index in [-0.39, 0.29) is 17.3 Å². The van der Waals surface area contributed by atoms with Crippen LogP contribution in [0.3, 0.4) is 0 Å². The number of nitrogens with zero attached hydrogens (tertiary/aromatic N) is 2. The molecule has 1 heterocycles. The van der Waals surface area contributed by atoms with Crippen LogP contribution in [0.15, 0.2) is 53.4 Å². The van der Waals surface area contributed by atoms with Gasteiger partial charge in [-0.25, -0.2) is 8.42 Å². The van der Waals surface area contributed by atoms with Crippen LogP contribution in [0.2, 0.25) is 0 Å². The molecule has 3 rings (SSSR count). The number of aryl methyl sites for hydroxylation is 1. The Morgan fingerprint density at radius 2 is 1.96 bits per heavy atom. The molecule has 0 unspecified atom stereocenters. The van der Waals surface area contributed by atoms with Gasteiger partial charge in [-0.1, -0.05) is 23.8 Å². The van der Waals surface area contributed by atoms with Crippen molar-refractivity contribution in [3.63, 3.8) is 0 Å². The number of piperidine rings is 1. The van der Waals surface area contributed by atoms with E-state index in [1.165, 1.54) is 4.31 Å². The summed E-state index contributed by atoms with van der Waals surface area (Å²) in [6.07, 6.45) is 1.26. The zero-order valence-corrected chi connectivity index (χ0v) is 15.9. The monoisotopic (exact) mass is 383 g/mol. The quantitative estimate of drug-likeness (QED) is 0.879. The van der Waals surface area contributed by atoms with Crippen molar-refractivity contribution in [3.8, 4) is 6.07 Å². The van der Waals surface area contributed by atoms with Crippen molar-refractivity contribution in [1.82, 2.24) is 4.31 Å². The molecule has 2 aromatic rings. The first kappa shape index (κ1) is 19.1. The summed E-state index contributed by atoms with van der Waals surface area (Å²) in [5, 5.41) is 11.8. The largest absolute Gasteiger partial charge is 0.326 e. The van der Waals surface area contributed by atoms with Crippen LogP contribution < -0.4 is 5.32 Å². The van der Waals surface area contributed by atoms with Crippen LogP contribution >= 0.6 is 0 Å². The van der Waals surface area contributed by atoms with E-state index in [2.05, 4.69) is 5.32 Å². The molecule has 140 valence electrons. The molecule has 0 saturated carbocycles. The zero-order valence-electron chi connectivity index (χ0n) is 15.1. The normalized spacial score (nSPS) is 17.9. The summed E-state index contributed by atoms with van der Waals surface area (Å²) < 4.78 is 27.1. The Kier molecular flexibility index (Phi) is 5.59. The SMILES string of the molecule is Cc1ccc(S(=O)(=O)N2CCC[C@H](C(=O)Nc3cccc(C#N)c3)C2)cc1. The van der Waals surface area contributed by atoms with Gasteiger partial charge in [-0.2, -0.15) is 9.57 Å². The zero-order chi connectivity index (χ0) is 19.4. The Morgan fingerprint density at radius 3 is 2.67 bits per heavy atom. The maximum Gasteiger partial charge on any atom is 0.243 e. The number of anilines is 1. The van der Waals surface area contributed by atoms with Gasteiger partial charge in [0.1, 0.15) is 0 Å². The second-order valence-corrected chi connectivity index (χ2v) is 8.64. The fourth-order valence-electron chi connectivity index (χ4n) is 3.14.